The summed E-state index contributed by atoms with van der Waals surface area (Å²) in [7, 11) is 0. The second-order valence-corrected chi connectivity index (χ2v) is 5.84. The highest BCUT2D eigenvalue weighted by Crippen LogP contribution is 2.33. The Labute approximate surface area is 122 Å². The fourth-order valence-electron chi connectivity index (χ4n) is 1.91. The van der Waals surface area contributed by atoms with E-state index in [0.717, 1.165) is 34.6 Å². The maximum Gasteiger partial charge on any atom is 0.348 e. The van der Waals surface area contributed by atoms with Gasteiger partial charge in [-0.25, -0.2) is 14.8 Å². The van der Waals surface area contributed by atoms with E-state index < -0.39 is 0 Å². The lowest BCUT2D eigenvalue weighted by molar-refractivity contribution is 0.0383. The molecule has 0 amide bonds. The summed E-state index contributed by atoms with van der Waals surface area (Å²) in [5.41, 5.74) is 0.884. The molecule has 0 fully saturated rings. The number of hydrogen-bond donors (Lipinski definition) is 1. The number of hydrogen-bond acceptors (Lipinski definition) is 6. The zero-order chi connectivity index (χ0) is 14.7. The summed E-state index contributed by atoms with van der Waals surface area (Å²) in [6.45, 7) is 8.53. The summed E-state index contributed by atoms with van der Waals surface area (Å²) in [6.07, 6.45) is 2.40. The number of aromatic nitrogens is 2. The lowest BCUT2D eigenvalue weighted by Gasteiger charge is -2.07. The largest absolute Gasteiger partial charge is 0.459 e. The lowest BCUT2D eigenvalue weighted by Crippen LogP contribution is -2.11. The summed E-state index contributed by atoms with van der Waals surface area (Å²) >= 11 is 1.36. The van der Waals surface area contributed by atoms with Crippen LogP contribution in [0.4, 0.5) is 5.82 Å². The van der Waals surface area contributed by atoms with E-state index in [-0.39, 0.29) is 12.1 Å². The first kappa shape index (κ1) is 14.7. The molecular formula is C14H19N3O2S. The minimum absolute atomic E-state index is 0.129. The third-order valence-electron chi connectivity index (χ3n) is 2.80. The SMILES string of the molecule is CCCNc1ncnc2sc(C(=O)OC(C)C)c(C)c12. The number of ether oxygens (including phenoxy) is 1. The van der Waals surface area contributed by atoms with E-state index in [1.54, 1.807) is 0 Å². The molecule has 1 N–H and O–H groups in total. The number of nitrogens with zero attached hydrogens (tertiary/aromatic N) is 2. The Morgan fingerprint density at radius 3 is 2.85 bits per heavy atom. The predicted octanol–water partition coefficient (Wildman–Crippen LogP) is 3.39. The molecule has 0 aromatic carbocycles. The molecule has 2 aromatic rings. The molecule has 0 aliphatic heterocycles. The van der Waals surface area contributed by atoms with Crippen molar-refractivity contribution >= 4 is 33.3 Å². The number of carbonyl (C=O) groups excluding carboxylic acids is 1. The minimum atomic E-state index is -0.290. The molecular weight excluding hydrogens is 274 g/mol. The van der Waals surface area contributed by atoms with Crippen LogP contribution in [0.3, 0.4) is 0 Å². The highest BCUT2D eigenvalue weighted by molar-refractivity contribution is 7.20. The van der Waals surface area contributed by atoms with Gasteiger partial charge in [0.05, 0.1) is 11.5 Å². The second-order valence-electron chi connectivity index (χ2n) is 4.84. The third-order valence-corrected chi connectivity index (χ3v) is 3.98. The molecule has 2 rings (SSSR count). The van der Waals surface area contributed by atoms with E-state index in [2.05, 4.69) is 22.2 Å². The highest BCUT2D eigenvalue weighted by Gasteiger charge is 2.20. The van der Waals surface area contributed by atoms with Crippen molar-refractivity contribution < 1.29 is 9.53 Å². The summed E-state index contributed by atoms with van der Waals surface area (Å²) in [4.78, 5) is 22.0. The maximum atomic E-state index is 12.1. The first-order chi connectivity index (χ1) is 9.54. The minimum Gasteiger partial charge on any atom is -0.459 e. The fraction of sp³-hybridized carbons (Fsp3) is 0.500. The van der Waals surface area contributed by atoms with Crippen molar-refractivity contribution in [2.75, 3.05) is 11.9 Å². The molecule has 0 unspecified atom stereocenters. The Morgan fingerprint density at radius 2 is 2.20 bits per heavy atom. The monoisotopic (exact) mass is 293 g/mol. The Kier molecular flexibility index (Phi) is 4.54. The van der Waals surface area contributed by atoms with E-state index in [9.17, 15) is 4.79 Å². The molecule has 2 heterocycles. The highest BCUT2D eigenvalue weighted by atomic mass is 32.1. The second kappa shape index (κ2) is 6.17. The maximum absolute atomic E-state index is 12.1. The molecule has 0 aliphatic carbocycles. The molecule has 0 saturated heterocycles. The molecule has 5 nitrogen and oxygen atoms in total. The van der Waals surface area contributed by atoms with Crippen molar-refractivity contribution in [2.24, 2.45) is 0 Å². The lowest BCUT2D eigenvalue weighted by atomic mass is 10.2. The first-order valence-corrected chi connectivity index (χ1v) is 7.55. The van der Waals surface area contributed by atoms with Crippen LogP contribution < -0.4 is 5.32 Å². The number of esters is 1. The molecule has 0 aliphatic rings. The Hall–Kier alpha value is -1.69. The summed E-state index contributed by atoms with van der Waals surface area (Å²) in [5, 5.41) is 4.19. The van der Waals surface area contributed by atoms with Crippen molar-refractivity contribution in [3.63, 3.8) is 0 Å². The zero-order valence-corrected chi connectivity index (χ0v) is 13.0. The summed E-state index contributed by atoms with van der Waals surface area (Å²) in [6, 6.07) is 0. The third kappa shape index (κ3) is 2.90. The topological polar surface area (TPSA) is 64.1 Å². The van der Waals surface area contributed by atoms with E-state index in [4.69, 9.17) is 4.74 Å². The van der Waals surface area contributed by atoms with Gasteiger partial charge in [0.25, 0.3) is 0 Å². The van der Waals surface area contributed by atoms with Gasteiger partial charge in [0.1, 0.15) is 21.9 Å². The standard InChI is InChI=1S/C14H19N3O2S/c1-5-6-15-12-10-9(4)11(14(18)19-8(2)3)20-13(10)17-7-16-12/h7-8H,5-6H2,1-4H3,(H,15,16,17). The van der Waals surface area contributed by atoms with Gasteiger partial charge >= 0.3 is 5.97 Å². The molecule has 0 radical (unpaired) electrons. The Bertz CT molecular complexity index is 622. The van der Waals surface area contributed by atoms with Crippen LogP contribution >= 0.6 is 11.3 Å². The van der Waals surface area contributed by atoms with Crippen molar-refractivity contribution in [3.05, 3.63) is 16.8 Å². The van der Waals surface area contributed by atoms with Gasteiger partial charge in [-0.2, -0.15) is 0 Å². The zero-order valence-electron chi connectivity index (χ0n) is 12.2. The average molecular weight is 293 g/mol. The smallest absolute Gasteiger partial charge is 0.348 e. The van der Waals surface area contributed by atoms with Gasteiger partial charge in [-0.3, -0.25) is 0 Å². The van der Waals surface area contributed by atoms with Crippen LogP contribution in [0.1, 0.15) is 42.4 Å². The van der Waals surface area contributed by atoms with Crippen molar-refractivity contribution in [3.8, 4) is 0 Å². The normalized spacial score (nSPS) is 11.1. The number of carbonyl (C=O) groups is 1. The number of anilines is 1. The van der Waals surface area contributed by atoms with E-state index in [0.29, 0.717) is 4.88 Å². The van der Waals surface area contributed by atoms with Crippen molar-refractivity contribution in [1.29, 1.82) is 0 Å². The molecule has 2 aromatic heterocycles. The van der Waals surface area contributed by atoms with Gasteiger partial charge in [0.15, 0.2) is 0 Å². The fourth-order valence-corrected chi connectivity index (χ4v) is 2.94. The van der Waals surface area contributed by atoms with E-state index in [1.807, 2.05) is 20.8 Å². The van der Waals surface area contributed by atoms with Gasteiger partial charge in [0, 0.05) is 6.54 Å². The molecule has 0 spiro atoms. The average Bonchev–Trinajstić information content (AvgIpc) is 2.74. The van der Waals surface area contributed by atoms with E-state index >= 15 is 0 Å². The van der Waals surface area contributed by atoms with Crippen molar-refractivity contribution in [2.45, 2.75) is 40.2 Å². The van der Waals surface area contributed by atoms with Crippen LogP contribution in [0.5, 0.6) is 0 Å². The van der Waals surface area contributed by atoms with Crippen LogP contribution in [-0.4, -0.2) is 28.6 Å². The van der Waals surface area contributed by atoms with Gasteiger partial charge in [-0.1, -0.05) is 6.92 Å². The number of aryl methyl sites for hydroxylation is 1. The van der Waals surface area contributed by atoms with Gasteiger partial charge in [-0.15, -0.1) is 11.3 Å². The van der Waals surface area contributed by atoms with E-state index in [1.165, 1.54) is 17.7 Å². The van der Waals surface area contributed by atoms with Gasteiger partial charge in [-0.05, 0) is 32.8 Å². The molecule has 6 heteroatoms. The van der Waals surface area contributed by atoms with Crippen LogP contribution in [0.2, 0.25) is 0 Å². The predicted molar refractivity (Wildman–Crippen MR) is 81.5 cm³/mol. The molecule has 0 bridgehead atoms. The molecule has 0 saturated carbocycles. The van der Waals surface area contributed by atoms with Crippen LogP contribution in [0, 0.1) is 6.92 Å². The van der Waals surface area contributed by atoms with Crippen LogP contribution in [0.25, 0.3) is 10.2 Å². The van der Waals surface area contributed by atoms with Crippen LogP contribution in [-0.2, 0) is 4.74 Å². The molecule has 20 heavy (non-hydrogen) atoms. The number of rotatable bonds is 5. The Balaban J connectivity index is 2.44. The summed E-state index contributed by atoms with van der Waals surface area (Å²) < 4.78 is 5.27. The first-order valence-electron chi connectivity index (χ1n) is 6.73. The van der Waals surface area contributed by atoms with Crippen molar-refractivity contribution in [1.82, 2.24) is 9.97 Å². The number of thiophene rings is 1. The Morgan fingerprint density at radius 1 is 1.45 bits per heavy atom. The molecule has 0 atom stereocenters. The van der Waals surface area contributed by atoms with Crippen LogP contribution in [0.15, 0.2) is 6.33 Å². The molecule has 108 valence electrons. The quantitative estimate of drug-likeness (QED) is 0.856. The van der Waals surface area contributed by atoms with Gasteiger partial charge < -0.3 is 10.1 Å². The summed E-state index contributed by atoms with van der Waals surface area (Å²) in [5.74, 6) is 0.496. The number of fused-ring (bicyclic) bond motifs is 1. The number of nitrogens with one attached hydrogen (secondary N) is 1. The van der Waals surface area contributed by atoms with Gasteiger partial charge in [0.2, 0.25) is 0 Å².